The van der Waals surface area contributed by atoms with Crippen LogP contribution in [-0.2, 0) is 31.5 Å². The minimum Gasteiger partial charge on any atom is -0.460 e. The summed E-state index contributed by atoms with van der Waals surface area (Å²) in [5.74, 6) is 0.564. The monoisotopic (exact) mass is 554 g/mol. The summed E-state index contributed by atoms with van der Waals surface area (Å²) in [6.45, 7) is 15.3. The van der Waals surface area contributed by atoms with Gasteiger partial charge in [-0.3, -0.25) is 4.79 Å². The van der Waals surface area contributed by atoms with Crippen molar-refractivity contribution in [1.29, 1.82) is 0 Å². The van der Waals surface area contributed by atoms with Gasteiger partial charge in [-0.25, -0.2) is 0 Å². The molecule has 0 unspecified atom stereocenters. The molecule has 0 aliphatic rings. The Morgan fingerprint density at radius 2 is 1.39 bits per heavy atom. The Balaban J connectivity index is 3.44. The van der Waals surface area contributed by atoms with Crippen LogP contribution in [-0.4, -0.2) is 64.4 Å². The number of halogens is 1. The van der Waals surface area contributed by atoms with Gasteiger partial charge in [0, 0.05) is 6.61 Å². The molecule has 0 amide bonds. The van der Waals surface area contributed by atoms with E-state index in [1.807, 2.05) is 68.9 Å². The molecule has 0 atom stereocenters. The number of rotatable bonds is 19. The zero-order chi connectivity index (χ0) is 23.4. The first-order valence-corrected chi connectivity index (χ1v) is 11.5. The number of hydrogen-bond acceptors (Lipinski definition) is 7. The summed E-state index contributed by atoms with van der Waals surface area (Å²) in [6, 6.07) is 0. The second kappa shape index (κ2) is 19.7. The van der Waals surface area contributed by atoms with Gasteiger partial charge in [0.15, 0.2) is 23.0 Å². The molecule has 0 aromatic rings. The third-order valence-electron chi connectivity index (χ3n) is 3.70. The molecule has 0 spiro atoms. The highest BCUT2D eigenvalue weighted by Crippen LogP contribution is 2.13. The normalized spacial score (nSPS) is 12.7. The first kappa shape index (κ1) is 30.1. The molecular formula is C23H39IO7. The van der Waals surface area contributed by atoms with Crippen molar-refractivity contribution in [2.24, 2.45) is 0 Å². The molecule has 0 aliphatic heterocycles. The van der Waals surface area contributed by atoms with Crippen molar-refractivity contribution >= 4 is 29.0 Å². The van der Waals surface area contributed by atoms with Gasteiger partial charge in [0.1, 0.15) is 11.4 Å². The standard InChI is InChI=1S/C23H39IO7/c1-6-20(19-21(7-2)31-24)9-8-11-26-13-15-28-17-18-29-16-14-27-12-10-22(25)30-23(3,4)5/h6-7,19H,1,8-18H2,2-5H3/b20-19+,21-7+. The molecule has 31 heavy (non-hydrogen) atoms. The van der Waals surface area contributed by atoms with Crippen molar-refractivity contribution in [3.8, 4) is 0 Å². The van der Waals surface area contributed by atoms with Crippen LogP contribution < -0.4 is 0 Å². The Kier molecular flexibility index (Phi) is 19.1. The van der Waals surface area contributed by atoms with E-state index in [1.54, 1.807) is 0 Å². The third-order valence-corrected chi connectivity index (χ3v) is 4.21. The molecular weight excluding hydrogens is 515 g/mol. The molecule has 0 rings (SSSR count). The molecule has 0 heterocycles. The topological polar surface area (TPSA) is 72.5 Å². The van der Waals surface area contributed by atoms with Crippen LogP contribution in [0.1, 0.15) is 47.0 Å². The summed E-state index contributed by atoms with van der Waals surface area (Å²) in [7, 11) is 0. The van der Waals surface area contributed by atoms with E-state index in [9.17, 15) is 4.79 Å². The Hall–Kier alpha value is -0.940. The molecule has 0 radical (unpaired) electrons. The van der Waals surface area contributed by atoms with Crippen LogP contribution >= 0.6 is 23.0 Å². The summed E-state index contributed by atoms with van der Waals surface area (Å²) in [5.41, 5.74) is 0.661. The van der Waals surface area contributed by atoms with Crippen molar-refractivity contribution in [2.45, 2.75) is 52.6 Å². The Morgan fingerprint density at radius 1 is 0.871 bits per heavy atom. The lowest BCUT2D eigenvalue weighted by molar-refractivity contribution is -0.156. The predicted octanol–water partition coefficient (Wildman–Crippen LogP) is 4.95. The average Bonchev–Trinajstić information content (AvgIpc) is 2.71. The molecule has 0 saturated carbocycles. The third kappa shape index (κ3) is 20.7. The molecule has 0 fully saturated rings. The van der Waals surface area contributed by atoms with Crippen molar-refractivity contribution in [3.63, 3.8) is 0 Å². The zero-order valence-electron chi connectivity index (χ0n) is 19.5. The van der Waals surface area contributed by atoms with Crippen LogP contribution in [0.4, 0.5) is 0 Å². The van der Waals surface area contributed by atoms with Crippen molar-refractivity contribution in [1.82, 2.24) is 0 Å². The molecule has 8 heteroatoms. The van der Waals surface area contributed by atoms with Crippen LogP contribution in [0, 0.1) is 0 Å². The number of allylic oxidation sites excluding steroid dienone is 4. The van der Waals surface area contributed by atoms with E-state index in [0.717, 1.165) is 24.2 Å². The molecule has 0 aliphatic carbocycles. The van der Waals surface area contributed by atoms with Gasteiger partial charge in [-0.15, -0.1) is 0 Å². The Bertz CT molecular complexity index is 539. The zero-order valence-corrected chi connectivity index (χ0v) is 21.6. The van der Waals surface area contributed by atoms with Crippen LogP contribution in [0.15, 0.2) is 36.1 Å². The second-order valence-corrected chi connectivity index (χ2v) is 8.02. The first-order chi connectivity index (χ1) is 14.8. The van der Waals surface area contributed by atoms with Crippen LogP contribution in [0.2, 0.25) is 0 Å². The van der Waals surface area contributed by atoms with Crippen molar-refractivity contribution in [3.05, 3.63) is 36.1 Å². The van der Waals surface area contributed by atoms with E-state index >= 15 is 0 Å². The maximum atomic E-state index is 11.5. The van der Waals surface area contributed by atoms with Gasteiger partial charge in [-0.05, 0) is 58.3 Å². The Morgan fingerprint density at radius 3 is 1.84 bits per heavy atom. The average molecular weight is 554 g/mol. The quantitative estimate of drug-likeness (QED) is 0.0736. The maximum absolute atomic E-state index is 11.5. The van der Waals surface area contributed by atoms with Crippen molar-refractivity contribution < 1.29 is 31.5 Å². The highest BCUT2D eigenvalue weighted by Gasteiger charge is 2.15. The number of ether oxygens (including phenoxy) is 5. The molecule has 0 saturated heterocycles. The smallest absolute Gasteiger partial charge is 0.308 e. The van der Waals surface area contributed by atoms with Crippen LogP contribution in [0.5, 0.6) is 0 Å². The van der Waals surface area contributed by atoms with Gasteiger partial charge in [-0.2, -0.15) is 0 Å². The predicted molar refractivity (Wildman–Crippen MR) is 130 cm³/mol. The van der Waals surface area contributed by atoms with Crippen molar-refractivity contribution in [2.75, 3.05) is 52.9 Å². The van der Waals surface area contributed by atoms with Gasteiger partial charge >= 0.3 is 5.97 Å². The number of carbonyl (C=O) groups excluding carboxylic acids is 1. The fourth-order valence-electron chi connectivity index (χ4n) is 2.25. The van der Waals surface area contributed by atoms with E-state index in [0.29, 0.717) is 52.9 Å². The minimum absolute atomic E-state index is 0.245. The second-order valence-electron chi connectivity index (χ2n) is 7.58. The van der Waals surface area contributed by atoms with Gasteiger partial charge in [0.25, 0.3) is 0 Å². The fourth-order valence-corrected chi connectivity index (χ4v) is 2.64. The summed E-state index contributed by atoms with van der Waals surface area (Å²) in [6.07, 6.45) is 7.77. The molecule has 0 bridgehead atoms. The van der Waals surface area contributed by atoms with Gasteiger partial charge in [-0.1, -0.05) is 12.7 Å². The van der Waals surface area contributed by atoms with Crippen LogP contribution in [0.3, 0.4) is 0 Å². The summed E-state index contributed by atoms with van der Waals surface area (Å²) >= 11 is 1.87. The summed E-state index contributed by atoms with van der Waals surface area (Å²) in [5, 5.41) is 0. The van der Waals surface area contributed by atoms with E-state index in [1.165, 1.54) is 0 Å². The van der Waals surface area contributed by atoms with Gasteiger partial charge in [0.2, 0.25) is 0 Å². The summed E-state index contributed by atoms with van der Waals surface area (Å²) in [4.78, 5) is 11.5. The molecule has 180 valence electrons. The van der Waals surface area contributed by atoms with Gasteiger partial charge in [0.05, 0.1) is 52.7 Å². The summed E-state index contributed by atoms with van der Waals surface area (Å²) < 4.78 is 32.2. The first-order valence-electron chi connectivity index (χ1n) is 10.6. The van der Waals surface area contributed by atoms with Gasteiger partial charge < -0.3 is 26.8 Å². The fraction of sp³-hybridized carbons (Fsp3) is 0.696. The number of hydrogen-bond donors (Lipinski definition) is 0. The SMILES string of the molecule is C=C/C(=C\C(=C/C)OI)CCCOCCOCCOCCOCCC(=O)OC(C)(C)C. The Labute approximate surface area is 201 Å². The number of esters is 1. The van der Waals surface area contributed by atoms with E-state index < -0.39 is 5.60 Å². The van der Waals surface area contributed by atoms with E-state index in [4.69, 9.17) is 26.8 Å². The highest BCUT2D eigenvalue weighted by atomic mass is 127. The highest BCUT2D eigenvalue weighted by molar-refractivity contribution is 14.1. The molecule has 0 N–H and O–H groups in total. The number of carbonyl (C=O) groups is 1. The maximum Gasteiger partial charge on any atom is 0.308 e. The molecule has 7 nitrogen and oxygen atoms in total. The minimum atomic E-state index is -0.460. The van der Waals surface area contributed by atoms with Crippen LogP contribution in [0.25, 0.3) is 0 Å². The van der Waals surface area contributed by atoms with E-state index in [2.05, 4.69) is 6.58 Å². The molecule has 0 aromatic heterocycles. The lowest BCUT2D eigenvalue weighted by atomic mass is 10.1. The lowest BCUT2D eigenvalue weighted by Gasteiger charge is -2.19. The largest absolute Gasteiger partial charge is 0.460 e. The molecule has 0 aromatic carbocycles. The lowest BCUT2D eigenvalue weighted by Crippen LogP contribution is -2.24. The van der Waals surface area contributed by atoms with E-state index in [-0.39, 0.29) is 12.4 Å².